The van der Waals surface area contributed by atoms with Gasteiger partial charge < -0.3 is 0 Å². The first-order valence-electron chi connectivity index (χ1n) is 5.27. The van der Waals surface area contributed by atoms with Crippen LogP contribution in [0.4, 0.5) is 0 Å². The molecular weight excluding hydrogens is 222 g/mol. The molecule has 0 aliphatic rings. The highest BCUT2D eigenvalue weighted by molar-refractivity contribution is 7.91. The van der Waals surface area contributed by atoms with Gasteiger partial charge in [-0.3, -0.25) is 0 Å². The molecule has 0 aliphatic carbocycles. The molecule has 0 saturated carbocycles. The van der Waals surface area contributed by atoms with Gasteiger partial charge in [-0.25, -0.2) is 8.42 Å². The second-order valence-corrected chi connectivity index (χ2v) is 5.84. The molecule has 0 aromatic heterocycles. The Bertz CT molecular complexity index is 483. The minimum atomic E-state index is -3.14. The Hall–Kier alpha value is -1.34. The van der Waals surface area contributed by atoms with Crippen molar-refractivity contribution in [3.05, 3.63) is 29.8 Å². The third-order valence-electron chi connectivity index (χ3n) is 2.59. The van der Waals surface area contributed by atoms with Crippen LogP contribution in [-0.4, -0.2) is 14.2 Å². The first-order valence-corrected chi connectivity index (χ1v) is 6.92. The predicted octanol–water partition coefficient (Wildman–Crippen LogP) is 2.50. The SMILES string of the molecule is CCC(C#N)c1ccc(S(=O)(=O)CC)cc1. The molecule has 0 spiro atoms. The Morgan fingerprint density at radius 2 is 1.81 bits per heavy atom. The van der Waals surface area contributed by atoms with Gasteiger partial charge in [0.2, 0.25) is 0 Å². The Kier molecular flexibility index (Phi) is 4.08. The summed E-state index contributed by atoms with van der Waals surface area (Å²) in [6.45, 7) is 3.55. The number of hydrogen-bond acceptors (Lipinski definition) is 3. The van der Waals surface area contributed by atoms with Gasteiger partial charge in [0.1, 0.15) is 0 Å². The number of benzene rings is 1. The lowest BCUT2D eigenvalue weighted by Gasteiger charge is -2.07. The zero-order valence-corrected chi connectivity index (χ0v) is 10.3. The molecule has 86 valence electrons. The minimum absolute atomic E-state index is 0.0990. The van der Waals surface area contributed by atoms with Crippen LogP contribution in [0.1, 0.15) is 31.7 Å². The highest BCUT2D eigenvalue weighted by Gasteiger charge is 2.13. The summed E-state index contributed by atoms with van der Waals surface area (Å²) in [4.78, 5) is 0.326. The quantitative estimate of drug-likeness (QED) is 0.808. The molecule has 1 atom stereocenters. The number of sulfone groups is 1. The fraction of sp³-hybridized carbons (Fsp3) is 0.417. The number of nitrogens with zero attached hydrogens (tertiary/aromatic N) is 1. The van der Waals surface area contributed by atoms with Gasteiger partial charge in [-0.15, -0.1) is 0 Å². The Morgan fingerprint density at radius 3 is 2.19 bits per heavy atom. The first kappa shape index (κ1) is 12.7. The van der Waals surface area contributed by atoms with E-state index < -0.39 is 9.84 Å². The van der Waals surface area contributed by atoms with Crippen LogP contribution in [0.5, 0.6) is 0 Å². The summed E-state index contributed by atoms with van der Waals surface area (Å²) >= 11 is 0. The summed E-state index contributed by atoms with van der Waals surface area (Å²) in [5.41, 5.74) is 0.875. The van der Waals surface area contributed by atoms with Gasteiger partial charge in [-0.2, -0.15) is 5.26 Å². The molecule has 4 heteroatoms. The molecular formula is C12H15NO2S. The molecule has 0 saturated heterocycles. The lowest BCUT2D eigenvalue weighted by molar-refractivity contribution is 0.597. The van der Waals surface area contributed by atoms with Crippen LogP contribution < -0.4 is 0 Å². The standard InChI is InChI=1S/C12H15NO2S/c1-3-10(9-13)11-5-7-12(8-6-11)16(14,15)4-2/h5-8,10H,3-4H2,1-2H3. The van der Waals surface area contributed by atoms with Crippen molar-refractivity contribution in [3.8, 4) is 6.07 Å². The highest BCUT2D eigenvalue weighted by Crippen LogP contribution is 2.20. The Balaban J connectivity index is 3.06. The third kappa shape index (κ3) is 2.61. The molecule has 1 rings (SSSR count). The summed E-state index contributed by atoms with van der Waals surface area (Å²) in [6.07, 6.45) is 0.733. The van der Waals surface area contributed by atoms with Gasteiger partial charge >= 0.3 is 0 Å². The maximum atomic E-state index is 11.6. The van der Waals surface area contributed by atoms with E-state index in [0.29, 0.717) is 4.90 Å². The normalized spacial score (nSPS) is 13.1. The lowest BCUT2D eigenvalue weighted by atomic mass is 9.98. The number of rotatable bonds is 4. The lowest BCUT2D eigenvalue weighted by Crippen LogP contribution is -2.04. The van der Waals surface area contributed by atoms with Gasteiger partial charge in [0.25, 0.3) is 0 Å². The topological polar surface area (TPSA) is 57.9 Å². The zero-order valence-electron chi connectivity index (χ0n) is 9.47. The predicted molar refractivity (Wildman–Crippen MR) is 62.8 cm³/mol. The third-order valence-corrected chi connectivity index (χ3v) is 4.34. The fourth-order valence-corrected chi connectivity index (χ4v) is 2.36. The molecule has 0 amide bonds. The Morgan fingerprint density at radius 1 is 1.25 bits per heavy atom. The van der Waals surface area contributed by atoms with Gasteiger partial charge in [-0.1, -0.05) is 26.0 Å². The smallest absolute Gasteiger partial charge is 0.178 e. The molecule has 0 bridgehead atoms. The molecule has 16 heavy (non-hydrogen) atoms. The van der Waals surface area contributed by atoms with Gasteiger partial charge in [0.05, 0.1) is 22.6 Å². The monoisotopic (exact) mass is 237 g/mol. The average Bonchev–Trinajstić information content (AvgIpc) is 2.31. The first-order chi connectivity index (χ1) is 7.55. The van der Waals surface area contributed by atoms with Crippen molar-refractivity contribution in [2.75, 3.05) is 5.75 Å². The van der Waals surface area contributed by atoms with Crippen LogP contribution in [0.3, 0.4) is 0 Å². The van der Waals surface area contributed by atoms with E-state index in [4.69, 9.17) is 5.26 Å². The number of hydrogen-bond donors (Lipinski definition) is 0. The maximum Gasteiger partial charge on any atom is 0.178 e. The van der Waals surface area contributed by atoms with Gasteiger partial charge in [-0.05, 0) is 24.1 Å². The van der Waals surface area contributed by atoms with Crippen molar-refractivity contribution in [2.45, 2.75) is 31.1 Å². The van der Waals surface area contributed by atoms with Crippen LogP contribution in [0.15, 0.2) is 29.2 Å². The van der Waals surface area contributed by atoms with Crippen molar-refractivity contribution < 1.29 is 8.42 Å². The second kappa shape index (κ2) is 5.13. The van der Waals surface area contributed by atoms with E-state index in [2.05, 4.69) is 6.07 Å². The van der Waals surface area contributed by atoms with E-state index in [0.717, 1.165) is 12.0 Å². The summed E-state index contributed by atoms with van der Waals surface area (Å²) < 4.78 is 23.1. The van der Waals surface area contributed by atoms with Crippen molar-refractivity contribution >= 4 is 9.84 Å². The van der Waals surface area contributed by atoms with Crippen molar-refractivity contribution in [1.82, 2.24) is 0 Å². The average molecular weight is 237 g/mol. The van der Waals surface area contributed by atoms with E-state index in [9.17, 15) is 8.42 Å². The maximum absolute atomic E-state index is 11.6. The summed E-state index contributed by atoms with van der Waals surface area (Å²) in [6, 6.07) is 8.79. The van der Waals surface area contributed by atoms with E-state index in [1.165, 1.54) is 0 Å². The molecule has 0 heterocycles. The number of nitriles is 1. The molecule has 0 radical (unpaired) electrons. The van der Waals surface area contributed by atoms with Crippen LogP contribution in [0.25, 0.3) is 0 Å². The minimum Gasteiger partial charge on any atom is -0.224 e. The van der Waals surface area contributed by atoms with Gasteiger partial charge in [0.15, 0.2) is 9.84 Å². The zero-order chi connectivity index (χ0) is 12.2. The van der Waals surface area contributed by atoms with Gasteiger partial charge in [0, 0.05) is 0 Å². The van der Waals surface area contributed by atoms with Crippen LogP contribution in [0.2, 0.25) is 0 Å². The molecule has 3 nitrogen and oxygen atoms in total. The molecule has 0 N–H and O–H groups in total. The van der Waals surface area contributed by atoms with E-state index in [1.54, 1.807) is 31.2 Å². The van der Waals surface area contributed by atoms with E-state index >= 15 is 0 Å². The summed E-state index contributed by atoms with van der Waals surface area (Å²) in [7, 11) is -3.14. The molecule has 1 aromatic rings. The molecule has 1 aromatic carbocycles. The molecule has 1 unspecified atom stereocenters. The van der Waals surface area contributed by atoms with E-state index in [-0.39, 0.29) is 11.7 Å². The summed E-state index contributed by atoms with van der Waals surface area (Å²) in [5, 5.41) is 8.89. The van der Waals surface area contributed by atoms with Crippen LogP contribution in [-0.2, 0) is 9.84 Å². The van der Waals surface area contributed by atoms with Crippen LogP contribution >= 0.6 is 0 Å². The van der Waals surface area contributed by atoms with Crippen molar-refractivity contribution in [1.29, 1.82) is 5.26 Å². The summed E-state index contributed by atoms with van der Waals surface area (Å²) in [5.74, 6) is -0.0553. The highest BCUT2D eigenvalue weighted by atomic mass is 32.2. The molecule has 0 fully saturated rings. The second-order valence-electron chi connectivity index (χ2n) is 3.56. The largest absolute Gasteiger partial charge is 0.224 e. The fourth-order valence-electron chi connectivity index (χ4n) is 1.48. The van der Waals surface area contributed by atoms with Crippen molar-refractivity contribution in [2.24, 2.45) is 0 Å². The van der Waals surface area contributed by atoms with Crippen LogP contribution in [0, 0.1) is 11.3 Å². The van der Waals surface area contributed by atoms with E-state index in [1.807, 2.05) is 6.92 Å². The molecule has 0 aliphatic heterocycles. The van der Waals surface area contributed by atoms with Crippen molar-refractivity contribution in [3.63, 3.8) is 0 Å². The Labute approximate surface area is 96.6 Å².